The van der Waals surface area contributed by atoms with Crippen LogP contribution in [0.1, 0.15) is 0 Å². The van der Waals surface area contributed by atoms with Crippen molar-refractivity contribution < 1.29 is 23.0 Å². The molecule has 10 heteroatoms. The molecule has 0 bridgehead atoms. The molecule has 0 aliphatic rings. The molecule has 4 rings (SSSR count). The first kappa shape index (κ1) is 21.0. The minimum atomic E-state index is -3.65. The maximum absolute atomic E-state index is 12.8. The number of nitrogens with two attached hydrogens (primary N) is 1. The molecule has 160 valence electrons. The van der Waals surface area contributed by atoms with E-state index in [0.717, 1.165) is 6.07 Å². The third kappa shape index (κ3) is 4.15. The standard InChI is InChI=1S/C21H17ClN2O6S/c22-14-4-2-1-3-13(14)18-10-17(27)20-16(26)9-15(25)19(21(20)30-18)12-5-6-24(11-12)7-8-31(23,28)29/h1-6,9-11,25-26H,7-8H2,(H2,23,28,29). The van der Waals surface area contributed by atoms with Crippen LogP contribution in [0.2, 0.25) is 5.02 Å². The molecule has 0 atom stereocenters. The topological polar surface area (TPSA) is 136 Å². The molecule has 0 unspecified atom stereocenters. The van der Waals surface area contributed by atoms with Gasteiger partial charge in [0.25, 0.3) is 0 Å². The molecule has 0 fully saturated rings. The van der Waals surface area contributed by atoms with E-state index >= 15 is 0 Å². The highest BCUT2D eigenvalue weighted by Gasteiger charge is 2.21. The Hall–Kier alpha value is -3.27. The second-order valence-corrected chi connectivity index (χ2v) is 9.09. The number of aromatic hydroxyl groups is 2. The van der Waals surface area contributed by atoms with Gasteiger partial charge in [0.2, 0.25) is 10.0 Å². The van der Waals surface area contributed by atoms with Crippen molar-refractivity contribution in [2.45, 2.75) is 6.54 Å². The molecule has 0 amide bonds. The van der Waals surface area contributed by atoms with E-state index in [1.807, 2.05) is 0 Å². The third-order valence-electron chi connectivity index (χ3n) is 4.77. The molecule has 0 aliphatic carbocycles. The molecule has 31 heavy (non-hydrogen) atoms. The quantitative estimate of drug-likeness (QED) is 0.418. The van der Waals surface area contributed by atoms with Gasteiger partial charge in [0.1, 0.15) is 22.6 Å². The smallest absolute Gasteiger partial charge is 0.210 e. The molecule has 0 saturated carbocycles. The van der Waals surface area contributed by atoms with Gasteiger partial charge in [0.15, 0.2) is 11.0 Å². The van der Waals surface area contributed by atoms with Gasteiger partial charge in [-0.1, -0.05) is 23.7 Å². The molecule has 2 heterocycles. The lowest BCUT2D eigenvalue weighted by molar-refractivity contribution is 0.453. The summed E-state index contributed by atoms with van der Waals surface area (Å²) in [6, 6.07) is 10.7. The van der Waals surface area contributed by atoms with Gasteiger partial charge in [0, 0.05) is 42.2 Å². The molecule has 0 aliphatic heterocycles. The van der Waals surface area contributed by atoms with Gasteiger partial charge in [-0.25, -0.2) is 13.6 Å². The van der Waals surface area contributed by atoms with Gasteiger partial charge in [-0.2, -0.15) is 0 Å². The van der Waals surface area contributed by atoms with Gasteiger partial charge in [-0.05, 0) is 18.2 Å². The first-order valence-electron chi connectivity index (χ1n) is 9.08. The van der Waals surface area contributed by atoms with Crippen molar-refractivity contribution in [3.05, 3.63) is 70.1 Å². The highest BCUT2D eigenvalue weighted by molar-refractivity contribution is 7.89. The van der Waals surface area contributed by atoms with Crippen LogP contribution in [0, 0.1) is 0 Å². The zero-order chi connectivity index (χ0) is 22.3. The van der Waals surface area contributed by atoms with Crippen LogP contribution < -0.4 is 10.6 Å². The van der Waals surface area contributed by atoms with Crippen LogP contribution in [0.3, 0.4) is 0 Å². The Morgan fingerprint density at radius 2 is 1.84 bits per heavy atom. The van der Waals surface area contributed by atoms with E-state index in [-0.39, 0.29) is 40.3 Å². The second kappa shape index (κ2) is 7.77. The Morgan fingerprint density at radius 3 is 2.55 bits per heavy atom. The van der Waals surface area contributed by atoms with E-state index in [9.17, 15) is 23.4 Å². The number of phenolic OH excluding ortho intramolecular Hbond substituents is 2. The second-order valence-electron chi connectivity index (χ2n) is 6.95. The normalized spacial score (nSPS) is 11.8. The average Bonchev–Trinajstić information content (AvgIpc) is 3.14. The van der Waals surface area contributed by atoms with Crippen LogP contribution in [0.15, 0.2) is 64.1 Å². The first-order chi connectivity index (χ1) is 14.6. The van der Waals surface area contributed by atoms with Crippen LogP contribution in [0.5, 0.6) is 11.5 Å². The summed E-state index contributed by atoms with van der Waals surface area (Å²) < 4.78 is 30.0. The van der Waals surface area contributed by atoms with Crippen molar-refractivity contribution in [3.63, 3.8) is 0 Å². The van der Waals surface area contributed by atoms with Crippen molar-refractivity contribution >= 4 is 32.6 Å². The highest BCUT2D eigenvalue weighted by atomic mass is 35.5. The lowest BCUT2D eigenvalue weighted by atomic mass is 10.0. The molecule has 4 aromatic rings. The Bertz CT molecular complexity index is 1470. The number of hydrogen-bond acceptors (Lipinski definition) is 6. The molecular weight excluding hydrogens is 444 g/mol. The fourth-order valence-corrected chi connectivity index (χ4v) is 4.03. The summed E-state index contributed by atoms with van der Waals surface area (Å²) in [6.07, 6.45) is 3.19. The Labute approximate surface area is 181 Å². The largest absolute Gasteiger partial charge is 0.507 e. The lowest BCUT2D eigenvalue weighted by Gasteiger charge is -2.11. The molecule has 0 spiro atoms. The summed E-state index contributed by atoms with van der Waals surface area (Å²) in [5.74, 6) is -0.837. The number of aromatic nitrogens is 1. The monoisotopic (exact) mass is 460 g/mol. The maximum Gasteiger partial charge on any atom is 0.210 e. The lowest BCUT2D eigenvalue weighted by Crippen LogP contribution is -2.19. The Morgan fingerprint density at radius 1 is 1.10 bits per heavy atom. The summed E-state index contributed by atoms with van der Waals surface area (Å²) in [4.78, 5) is 12.8. The molecule has 4 N–H and O–H groups in total. The van der Waals surface area contributed by atoms with E-state index in [2.05, 4.69) is 0 Å². The SMILES string of the molecule is NS(=O)(=O)CCn1ccc(-c2c(O)cc(O)c3c(=O)cc(-c4ccccc4Cl)oc23)c1. The number of sulfonamides is 1. The number of benzene rings is 2. The number of halogens is 1. The van der Waals surface area contributed by atoms with Crippen molar-refractivity contribution in [2.75, 3.05) is 5.75 Å². The van der Waals surface area contributed by atoms with Crippen molar-refractivity contribution in [1.29, 1.82) is 0 Å². The maximum atomic E-state index is 12.8. The van der Waals surface area contributed by atoms with E-state index in [1.165, 1.54) is 6.07 Å². The van der Waals surface area contributed by atoms with Crippen LogP contribution in [0.25, 0.3) is 33.4 Å². The van der Waals surface area contributed by atoms with Gasteiger partial charge >= 0.3 is 0 Å². The van der Waals surface area contributed by atoms with E-state index in [0.29, 0.717) is 16.1 Å². The minimum Gasteiger partial charge on any atom is -0.507 e. The summed E-state index contributed by atoms with van der Waals surface area (Å²) in [5.41, 5.74) is 0.569. The number of hydrogen-bond donors (Lipinski definition) is 3. The zero-order valence-corrected chi connectivity index (χ0v) is 17.5. The molecule has 0 radical (unpaired) electrons. The summed E-state index contributed by atoms with van der Waals surface area (Å²) in [7, 11) is -3.65. The third-order valence-corrected chi connectivity index (χ3v) is 5.85. The fraction of sp³-hybridized carbons (Fsp3) is 0.0952. The Balaban J connectivity index is 1.93. The zero-order valence-electron chi connectivity index (χ0n) is 15.9. The summed E-state index contributed by atoms with van der Waals surface area (Å²) in [5, 5.41) is 26.1. The van der Waals surface area contributed by atoms with Crippen LogP contribution in [0.4, 0.5) is 0 Å². The van der Waals surface area contributed by atoms with Crippen molar-refractivity contribution in [3.8, 4) is 33.9 Å². The van der Waals surface area contributed by atoms with E-state index in [1.54, 1.807) is 47.3 Å². The number of fused-ring (bicyclic) bond motifs is 1. The van der Waals surface area contributed by atoms with Gasteiger partial charge < -0.3 is 19.2 Å². The highest BCUT2D eigenvalue weighted by Crippen LogP contribution is 2.41. The molecule has 8 nitrogen and oxygen atoms in total. The van der Waals surface area contributed by atoms with Crippen LogP contribution in [-0.2, 0) is 16.6 Å². The molecule has 2 aromatic carbocycles. The van der Waals surface area contributed by atoms with Gasteiger partial charge in [-0.3, -0.25) is 4.79 Å². The van der Waals surface area contributed by atoms with E-state index in [4.69, 9.17) is 21.2 Å². The molecule has 0 saturated heterocycles. The minimum absolute atomic E-state index is 0.0240. The average molecular weight is 461 g/mol. The first-order valence-corrected chi connectivity index (χ1v) is 11.2. The fourth-order valence-electron chi connectivity index (χ4n) is 3.34. The van der Waals surface area contributed by atoms with Crippen LogP contribution >= 0.6 is 11.6 Å². The number of nitrogens with zero attached hydrogens (tertiary/aromatic N) is 1. The number of primary sulfonamides is 1. The number of phenols is 2. The van der Waals surface area contributed by atoms with Crippen LogP contribution in [-0.4, -0.2) is 29.0 Å². The Kier molecular flexibility index (Phi) is 5.26. The predicted molar refractivity (Wildman–Crippen MR) is 118 cm³/mol. The predicted octanol–water partition coefficient (Wildman–Crippen LogP) is 3.28. The van der Waals surface area contributed by atoms with Gasteiger partial charge in [-0.15, -0.1) is 0 Å². The molecular formula is C21H17ClN2O6S. The van der Waals surface area contributed by atoms with E-state index < -0.39 is 21.2 Å². The van der Waals surface area contributed by atoms with Gasteiger partial charge in [0.05, 0.1) is 16.3 Å². The van der Waals surface area contributed by atoms with Crippen molar-refractivity contribution in [1.82, 2.24) is 4.57 Å². The van der Waals surface area contributed by atoms with Crippen molar-refractivity contribution in [2.24, 2.45) is 5.14 Å². The summed E-state index contributed by atoms with van der Waals surface area (Å²) in [6.45, 7) is 0.102. The number of rotatable bonds is 5. The molecule has 2 aromatic heterocycles. The number of aryl methyl sites for hydroxylation is 1. The summed E-state index contributed by atoms with van der Waals surface area (Å²) >= 11 is 6.23.